The summed E-state index contributed by atoms with van der Waals surface area (Å²) in [6, 6.07) is 0. The lowest BCUT2D eigenvalue weighted by atomic mass is 9.98. The van der Waals surface area contributed by atoms with Crippen molar-refractivity contribution in [1.82, 2.24) is 15.5 Å². The van der Waals surface area contributed by atoms with Gasteiger partial charge in [-0.25, -0.2) is 0 Å². The highest BCUT2D eigenvalue weighted by Crippen LogP contribution is 2.16. The van der Waals surface area contributed by atoms with Crippen LogP contribution in [0.1, 0.15) is 47.5 Å². The Bertz CT molecular complexity index is 280. The maximum Gasteiger partial charge on any atom is 0.191 e. The molecule has 1 aliphatic rings. The molecule has 0 spiro atoms. The van der Waals surface area contributed by atoms with Crippen molar-refractivity contribution in [2.45, 2.75) is 53.0 Å². The summed E-state index contributed by atoms with van der Waals surface area (Å²) in [5, 5.41) is 6.78. The van der Waals surface area contributed by atoms with Crippen LogP contribution in [-0.2, 0) is 0 Å². The second-order valence-corrected chi connectivity index (χ2v) is 6.50. The molecule has 0 saturated carbocycles. The number of likely N-dealkylation sites (tertiary alicyclic amines) is 1. The second-order valence-electron chi connectivity index (χ2n) is 6.50. The van der Waals surface area contributed by atoms with Crippen LogP contribution < -0.4 is 10.6 Å². The first-order chi connectivity index (χ1) is 8.94. The van der Waals surface area contributed by atoms with Gasteiger partial charge < -0.3 is 15.5 Å². The van der Waals surface area contributed by atoms with Crippen molar-refractivity contribution in [2.75, 3.05) is 32.7 Å². The van der Waals surface area contributed by atoms with E-state index in [1.54, 1.807) is 0 Å². The summed E-state index contributed by atoms with van der Waals surface area (Å²) < 4.78 is 0. The number of nitrogens with one attached hydrogen (secondary N) is 2. The van der Waals surface area contributed by atoms with Gasteiger partial charge in [0, 0.05) is 25.2 Å². The molecule has 112 valence electrons. The fourth-order valence-corrected chi connectivity index (χ4v) is 2.47. The zero-order valence-electron chi connectivity index (χ0n) is 13.4. The van der Waals surface area contributed by atoms with Crippen LogP contribution in [0, 0.1) is 5.92 Å². The molecule has 0 aromatic carbocycles. The van der Waals surface area contributed by atoms with Gasteiger partial charge in [0.15, 0.2) is 5.96 Å². The molecule has 0 aromatic heterocycles. The van der Waals surface area contributed by atoms with Crippen molar-refractivity contribution in [1.29, 1.82) is 0 Å². The Labute approximate surface area is 119 Å². The molecule has 1 unspecified atom stereocenters. The summed E-state index contributed by atoms with van der Waals surface area (Å²) in [4.78, 5) is 7.29. The Morgan fingerprint density at radius 2 is 2.05 bits per heavy atom. The van der Waals surface area contributed by atoms with Crippen molar-refractivity contribution in [2.24, 2.45) is 10.9 Å². The van der Waals surface area contributed by atoms with Crippen LogP contribution in [0.4, 0.5) is 0 Å². The number of nitrogens with zero attached hydrogens (tertiary/aromatic N) is 2. The molecule has 4 heteroatoms. The zero-order chi connectivity index (χ0) is 14.3. The lowest BCUT2D eigenvalue weighted by Gasteiger charge is -2.31. The lowest BCUT2D eigenvalue weighted by molar-refractivity contribution is 0.186. The Balaban J connectivity index is 2.49. The first-order valence-corrected chi connectivity index (χ1v) is 7.73. The van der Waals surface area contributed by atoms with Crippen molar-refractivity contribution in [3.63, 3.8) is 0 Å². The standard InChI is InChI=1S/C15H32N4/c1-6-16-14(18-15(3,4)5)17-11-13-9-8-10-19(7-2)12-13/h13H,6-12H2,1-5H3,(H2,16,17,18). The predicted octanol–water partition coefficient (Wildman–Crippen LogP) is 2.07. The average molecular weight is 268 g/mol. The van der Waals surface area contributed by atoms with Gasteiger partial charge in [-0.15, -0.1) is 0 Å². The molecular weight excluding hydrogens is 236 g/mol. The van der Waals surface area contributed by atoms with E-state index in [4.69, 9.17) is 4.99 Å². The third-order valence-corrected chi connectivity index (χ3v) is 3.40. The van der Waals surface area contributed by atoms with E-state index in [-0.39, 0.29) is 5.54 Å². The van der Waals surface area contributed by atoms with E-state index < -0.39 is 0 Å². The fourth-order valence-electron chi connectivity index (χ4n) is 2.47. The monoisotopic (exact) mass is 268 g/mol. The summed E-state index contributed by atoms with van der Waals surface area (Å²) in [5.41, 5.74) is 0.0586. The van der Waals surface area contributed by atoms with Gasteiger partial charge in [-0.3, -0.25) is 4.99 Å². The van der Waals surface area contributed by atoms with Crippen LogP contribution in [0.3, 0.4) is 0 Å². The minimum absolute atomic E-state index is 0.0586. The van der Waals surface area contributed by atoms with E-state index in [2.05, 4.69) is 50.2 Å². The van der Waals surface area contributed by atoms with Crippen LogP contribution >= 0.6 is 0 Å². The van der Waals surface area contributed by atoms with Gasteiger partial charge in [-0.2, -0.15) is 0 Å². The maximum absolute atomic E-state index is 4.76. The Hall–Kier alpha value is -0.770. The number of aliphatic imine (C=N–C) groups is 1. The molecule has 1 atom stereocenters. The first-order valence-electron chi connectivity index (χ1n) is 7.73. The normalized spacial score (nSPS) is 22.4. The maximum atomic E-state index is 4.76. The number of hydrogen-bond acceptors (Lipinski definition) is 2. The van der Waals surface area contributed by atoms with Gasteiger partial charge in [0.2, 0.25) is 0 Å². The molecular formula is C15H32N4. The van der Waals surface area contributed by atoms with Gasteiger partial charge in [0.1, 0.15) is 0 Å². The molecule has 19 heavy (non-hydrogen) atoms. The molecule has 0 bridgehead atoms. The molecule has 2 N–H and O–H groups in total. The van der Waals surface area contributed by atoms with E-state index in [1.807, 2.05) is 0 Å². The molecule has 1 aliphatic heterocycles. The van der Waals surface area contributed by atoms with Gasteiger partial charge in [0.05, 0.1) is 0 Å². The summed E-state index contributed by atoms with van der Waals surface area (Å²) >= 11 is 0. The van der Waals surface area contributed by atoms with E-state index in [9.17, 15) is 0 Å². The number of hydrogen-bond donors (Lipinski definition) is 2. The lowest BCUT2D eigenvalue weighted by Crippen LogP contribution is -2.48. The summed E-state index contributed by atoms with van der Waals surface area (Å²) in [6.45, 7) is 16.3. The van der Waals surface area contributed by atoms with Gasteiger partial charge in [0.25, 0.3) is 0 Å². The van der Waals surface area contributed by atoms with Crippen molar-refractivity contribution in [3.05, 3.63) is 0 Å². The zero-order valence-corrected chi connectivity index (χ0v) is 13.4. The van der Waals surface area contributed by atoms with Crippen LogP contribution in [0.15, 0.2) is 4.99 Å². The van der Waals surface area contributed by atoms with Crippen molar-refractivity contribution < 1.29 is 0 Å². The molecule has 0 radical (unpaired) electrons. The first kappa shape index (κ1) is 16.3. The van der Waals surface area contributed by atoms with Crippen LogP contribution in [0.2, 0.25) is 0 Å². The molecule has 0 aromatic rings. The third-order valence-electron chi connectivity index (χ3n) is 3.40. The summed E-state index contributed by atoms with van der Waals surface area (Å²) in [6.07, 6.45) is 2.63. The third kappa shape index (κ3) is 6.81. The SMILES string of the molecule is CCNC(=NCC1CCCN(CC)C1)NC(C)(C)C. The van der Waals surface area contributed by atoms with Gasteiger partial charge in [-0.05, 0) is 59.5 Å². The number of piperidine rings is 1. The van der Waals surface area contributed by atoms with Crippen molar-refractivity contribution in [3.8, 4) is 0 Å². The fraction of sp³-hybridized carbons (Fsp3) is 0.933. The smallest absolute Gasteiger partial charge is 0.191 e. The molecule has 1 rings (SSSR count). The largest absolute Gasteiger partial charge is 0.357 e. The highest BCUT2D eigenvalue weighted by atomic mass is 15.2. The Kier molecular flexibility index (Phi) is 6.63. The Morgan fingerprint density at radius 3 is 2.63 bits per heavy atom. The minimum Gasteiger partial charge on any atom is -0.357 e. The topological polar surface area (TPSA) is 39.7 Å². The highest BCUT2D eigenvalue weighted by Gasteiger charge is 2.19. The second kappa shape index (κ2) is 7.73. The summed E-state index contributed by atoms with van der Waals surface area (Å²) in [7, 11) is 0. The van der Waals surface area contributed by atoms with E-state index in [1.165, 1.54) is 32.5 Å². The molecule has 4 nitrogen and oxygen atoms in total. The van der Waals surface area contributed by atoms with Crippen molar-refractivity contribution >= 4 is 5.96 Å². The van der Waals surface area contributed by atoms with E-state index in [0.717, 1.165) is 19.0 Å². The molecule has 1 saturated heterocycles. The quantitative estimate of drug-likeness (QED) is 0.606. The Morgan fingerprint density at radius 1 is 1.32 bits per heavy atom. The van der Waals surface area contributed by atoms with Gasteiger partial charge >= 0.3 is 0 Å². The highest BCUT2D eigenvalue weighted by molar-refractivity contribution is 5.80. The van der Waals surface area contributed by atoms with Crippen LogP contribution in [0.25, 0.3) is 0 Å². The molecule has 0 amide bonds. The van der Waals surface area contributed by atoms with Crippen LogP contribution in [0.5, 0.6) is 0 Å². The van der Waals surface area contributed by atoms with E-state index in [0.29, 0.717) is 5.92 Å². The van der Waals surface area contributed by atoms with E-state index >= 15 is 0 Å². The molecule has 1 fully saturated rings. The predicted molar refractivity (Wildman–Crippen MR) is 83.7 cm³/mol. The van der Waals surface area contributed by atoms with Gasteiger partial charge in [-0.1, -0.05) is 6.92 Å². The average Bonchev–Trinajstić information content (AvgIpc) is 2.35. The molecule has 1 heterocycles. The van der Waals surface area contributed by atoms with Crippen LogP contribution in [-0.4, -0.2) is 49.1 Å². The number of rotatable bonds is 4. The summed E-state index contributed by atoms with van der Waals surface area (Å²) in [5.74, 6) is 1.66. The number of guanidine groups is 1. The minimum atomic E-state index is 0.0586. The molecule has 0 aliphatic carbocycles.